The second-order valence-electron chi connectivity index (χ2n) is 6.04. The van der Waals surface area contributed by atoms with Crippen LogP contribution in [0, 0.1) is 0 Å². The molecule has 0 radical (unpaired) electrons. The zero-order valence-electron chi connectivity index (χ0n) is 13.6. The van der Waals surface area contributed by atoms with Crippen LogP contribution in [0.15, 0.2) is 24.3 Å². The van der Waals surface area contributed by atoms with Crippen molar-refractivity contribution in [1.29, 1.82) is 0 Å². The number of nitrogens with two attached hydrogens (primary N) is 1. The van der Waals surface area contributed by atoms with E-state index in [9.17, 15) is 0 Å². The topological polar surface area (TPSA) is 41.7 Å². The summed E-state index contributed by atoms with van der Waals surface area (Å²) >= 11 is 0. The fourth-order valence-electron chi connectivity index (χ4n) is 3.12. The number of rotatable bonds is 5. The first kappa shape index (κ1) is 16.3. The van der Waals surface area contributed by atoms with E-state index in [4.69, 9.17) is 10.5 Å². The summed E-state index contributed by atoms with van der Waals surface area (Å²) in [6.07, 6.45) is 1.21. The summed E-state index contributed by atoms with van der Waals surface area (Å²) in [5, 5.41) is 0. The zero-order chi connectivity index (χ0) is 15.2. The van der Waals surface area contributed by atoms with Gasteiger partial charge in [0.2, 0.25) is 0 Å². The van der Waals surface area contributed by atoms with Crippen molar-refractivity contribution in [2.24, 2.45) is 5.73 Å². The van der Waals surface area contributed by atoms with E-state index in [0.717, 1.165) is 30.9 Å². The van der Waals surface area contributed by atoms with Crippen LogP contribution in [0.4, 0.5) is 0 Å². The highest BCUT2D eigenvalue weighted by Crippen LogP contribution is 2.25. The van der Waals surface area contributed by atoms with Gasteiger partial charge in [-0.2, -0.15) is 0 Å². The Kier molecular flexibility index (Phi) is 6.03. The summed E-state index contributed by atoms with van der Waals surface area (Å²) in [6.45, 7) is 9.27. The SMILES string of the molecule is CCOc1ccccc1C(N)CN1CCCN(C)CC1C. The van der Waals surface area contributed by atoms with Gasteiger partial charge in [-0.1, -0.05) is 18.2 Å². The molecule has 0 bridgehead atoms. The van der Waals surface area contributed by atoms with Gasteiger partial charge in [-0.25, -0.2) is 0 Å². The molecule has 1 fully saturated rings. The van der Waals surface area contributed by atoms with Crippen molar-refractivity contribution in [3.05, 3.63) is 29.8 Å². The van der Waals surface area contributed by atoms with Crippen LogP contribution in [0.5, 0.6) is 5.75 Å². The van der Waals surface area contributed by atoms with Crippen LogP contribution in [0.25, 0.3) is 0 Å². The Labute approximate surface area is 128 Å². The third-order valence-corrected chi connectivity index (χ3v) is 4.23. The second kappa shape index (κ2) is 7.78. The molecule has 1 aliphatic heterocycles. The Balaban J connectivity index is 2.05. The minimum absolute atomic E-state index is 0.00129. The summed E-state index contributed by atoms with van der Waals surface area (Å²) in [5.74, 6) is 0.923. The van der Waals surface area contributed by atoms with E-state index in [2.05, 4.69) is 29.8 Å². The monoisotopic (exact) mass is 291 g/mol. The van der Waals surface area contributed by atoms with Gasteiger partial charge in [-0.05, 0) is 46.5 Å². The Morgan fingerprint density at radius 3 is 2.86 bits per heavy atom. The molecule has 2 atom stereocenters. The molecule has 21 heavy (non-hydrogen) atoms. The van der Waals surface area contributed by atoms with Crippen molar-refractivity contribution in [3.8, 4) is 5.75 Å². The van der Waals surface area contributed by atoms with Crippen molar-refractivity contribution in [2.45, 2.75) is 32.4 Å². The maximum atomic E-state index is 6.47. The molecule has 0 amide bonds. The molecule has 2 unspecified atom stereocenters. The number of para-hydroxylation sites is 1. The van der Waals surface area contributed by atoms with Crippen molar-refractivity contribution in [2.75, 3.05) is 39.8 Å². The van der Waals surface area contributed by atoms with E-state index in [1.165, 1.54) is 13.0 Å². The molecule has 118 valence electrons. The zero-order valence-corrected chi connectivity index (χ0v) is 13.6. The summed E-state index contributed by atoms with van der Waals surface area (Å²) in [6, 6.07) is 8.69. The summed E-state index contributed by atoms with van der Waals surface area (Å²) < 4.78 is 5.71. The minimum Gasteiger partial charge on any atom is -0.494 e. The van der Waals surface area contributed by atoms with Crippen molar-refractivity contribution < 1.29 is 4.74 Å². The van der Waals surface area contributed by atoms with E-state index in [1.54, 1.807) is 0 Å². The van der Waals surface area contributed by atoms with Crippen LogP contribution in [0.1, 0.15) is 31.9 Å². The predicted octanol–water partition coefficient (Wildman–Crippen LogP) is 2.11. The van der Waals surface area contributed by atoms with E-state index >= 15 is 0 Å². The van der Waals surface area contributed by atoms with Gasteiger partial charge in [0.1, 0.15) is 5.75 Å². The van der Waals surface area contributed by atoms with Crippen LogP contribution < -0.4 is 10.5 Å². The first-order valence-corrected chi connectivity index (χ1v) is 8.01. The first-order chi connectivity index (χ1) is 10.1. The summed E-state index contributed by atoms with van der Waals surface area (Å²) in [5.41, 5.74) is 7.58. The maximum absolute atomic E-state index is 6.47. The Bertz CT molecular complexity index is 438. The van der Waals surface area contributed by atoms with E-state index in [0.29, 0.717) is 12.6 Å². The number of likely N-dealkylation sites (N-methyl/N-ethyl adjacent to an activating group) is 1. The normalized spacial score (nSPS) is 22.8. The van der Waals surface area contributed by atoms with Gasteiger partial charge in [-0.15, -0.1) is 0 Å². The lowest BCUT2D eigenvalue weighted by Gasteiger charge is -2.30. The van der Waals surface area contributed by atoms with Crippen molar-refractivity contribution in [3.63, 3.8) is 0 Å². The molecule has 4 nitrogen and oxygen atoms in total. The lowest BCUT2D eigenvalue weighted by molar-refractivity contribution is 0.190. The lowest BCUT2D eigenvalue weighted by atomic mass is 10.1. The maximum Gasteiger partial charge on any atom is 0.124 e. The fourth-order valence-corrected chi connectivity index (χ4v) is 3.12. The van der Waals surface area contributed by atoms with Crippen LogP contribution in [0.3, 0.4) is 0 Å². The summed E-state index contributed by atoms with van der Waals surface area (Å²) in [4.78, 5) is 4.92. The van der Waals surface area contributed by atoms with Crippen molar-refractivity contribution in [1.82, 2.24) is 9.80 Å². The predicted molar refractivity (Wildman–Crippen MR) is 87.7 cm³/mol. The first-order valence-electron chi connectivity index (χ1n) is 8.01. The quantitative estimate of drug-likeness (QED) is 0.902. The molecular weight excluding hydrogens is 262 g/mol. The molecule has 0 aliphatic carbocycles. The highest BCUT2D eigenvalue weighted by Gasteiger charge is 2.22. The van der Waals surface area contributed by atoms with Crippen LogP contribution in [-0.4, -0.2) is 55.7 Å². The second-order valence-corrected chi connectivity index (χ2v) is 6.04. The molecule has 1 aliphatic rings. The molecule has 0 spiro atoms. The highest BCUT2D eigenvalue weighted by atomic mass is 16.5. The molecule has 1 aromatic rings. The van der Waals surface area contributed by atoms with Gasteiger partial charge in [0.15, 0.2) is 0 Å². The van der Waals surface area contributed by atoms with Crippen LogP contribution >= 0.6 is 0 Å². The molecule has 0 aromatic heterocycles. The molecular formula is C17H29N3O. The number of hydrogen-bond donors (Lipinski definition) is 1. The Morgan fingerprint density at radius 2 is 2.10 bits per heavy atom. The number of ether oxygens (including phenoxy) is 1. The lowest BCUT2D eigenvalue weighted by Crippen LogP contribution is -2.41. The third-order valence-electron chi connectivity index (χ3n) is 4.23. The van der Waals surface area contributed by atoms with E-state index in [1.807, 2.05) is 25.1 Å². The van der Waals surface area contributed by atoms with Crippen LogP contribution in [-0.2, 0) is 0 Å². The Morgan fingerprint density at radius 1 is 1.33 bits per heavy atom. The summed E-state index contributed by atoms with van der Waals surface area (Å²) in [7, 11) is 2.20. The Hall–Kier alpha value is -1.10. The largest absolute Gasteiger partial charge is 0.494 e. The highest BCUT2D eigenvalue weighted by molar-refractivity contribution is 5.36. The molecule has 4 heteroatoms. The smallest absolute Gasteiger partial charge is 0.124 e. The molecule has 1 heterocycles. The number of nitrogens with zero attached hydrogens (tertiary/aromatic N) is 2. The van der Waals surface area contributed by atoms with E-state index in [-0.39, 0.29) is 6.04 Å². The van der Waals surface area contributed by atoms with Gasteiger partial charge >= 0.3 is 0 Å². The van der Waals surface area contributed by atoms with Crippen molar-refractivity contribution >= 4 is 0 Å². The molecule has 1 saturated heterocycles. The molecule has 2 rings (SSSR count). The minimum atomic E-state index is -0.00129. The van der Waals surface area contributed by atoms with Gasteiger partial charge in [0.05, 0.1) is 6.61 Å². The van der Waals surface area contributed by atoms with Gasteiger partial charge < -0.3 is 15.4 Å². The van der Waals surface area contributed by atoms with Gasteiger partial charge in [-0.3, -0.25) is 4.90 Å². The number of benzene rings is 1. The fraction of sp³-hybridized carbons (Fsp3) is 0.647. The average molecular weight is 291 g/mol. The van der Waals surface area contributed by atoms with E-state index < -0.39 is 0 Å². The van der Waals surface area contributed by atoms with Crippen LogP contribution in [0.2, 0.25) is 0 Å². The number of hydrogen-bond acceptors (Lipinski definition) is 4. The van der Waals surface area contributed by atoms with Gasteiger partial charge in [0, 0.05) is 30.7 Å². The molecule has 2 N–H and O–H groups in total. The third kappa shape index (κ3) is 4.43. The standard InChI is InChI=1S/C17H29N3O/c1-4-21-17-9-6-5-8-15(17)16(18)13-20-11-7-10-19(3)12-14(20)2/h5-6,8-9,14,16H,4,7,10-13,18H2,1-3H3. The van der Waals surface area contributed by atoms with Gasteiger partial charge in [0.25, 0.3) is 0 Å². The molecule has 1 aromatic carbocycles. The molecule has 0 saturated carbocycles. The average Bonchev–Trinajstić information content (AvgIpc) is 2.61.